The molecule has 0 bridgehead atoms. The largest absolute Gasteiger partial charge is 0.274 e. The van der Waals surface area contributed by atoms with Crippen molar-refractivity contribution in [1.29, 1.82) is 0 Å². The molecule has 1 aromatic heterocycles. The van der Waals surface area contributed by atoms with Gasteiger partial charge in [0, 0.05) is 11.4 Å². The molecular formula is C19H21N3S. The van der Waals surface area contributed by atoms with Gasteiger partial charge in [0.15, 0.2) is 5.16 Å². The maximum absolute atomic E-state index is 4.35. The lowest BCUT2D eigenvalue weighted by molar-refractivity contribution is 0.866. The molecular weight excluding hydrogens is 302 g/mol. The van der Waals surface area contributed by atoms with Crippen LogP contribution in [0.4, 0.5) is 0 Å². The van der Waals surface area contributed by atoms with Gasteiger partial charge in [-0.3, -0.25) is 4.57 Å². The van der Waals surface area contributed by atoms with Gasteiger partial charge in [0.1, 0.15) is 5.82 Å². The summed E-state index contributed by atoms with van der Waals surface area (Å²) >= 11 is 1.72. The smallest absolute Gasteiger partial charge is 0.196 e. The van der Waals surface area contributed by atoms with E-state index < -0.39 is 0 Å². The first kappa shape index (κ1) is 15.8. The average Bonchev–Trinajstić information content (AvgIpc) is 2.90. The van der Waals surface area contributed by atoms with Gasteiger partial charge < -0.3 is 0 Å². The van der Waals surface area contributed by atoms with Crippen LogP contribution in [0.25, 0.3) is 5.69 Å². The fourth-order valence-electron chi connectivity index (χ4n) is 2.43. The summed E-state index contributed by atoms with van der Waals surface area (Å²) in [6.45, 7) is 8.37. The Labute approximate surface area is 141 Å². The third-order valence-corrected chi connectivity index (χ3v) is 5.03. The highest BCUT2D eigenvalue weighted by Gasteiger charge is 2.12. The van der Waals surface area contributed by atoms with E-state index in [-0.39, 0.29) is 0 Å². The zero-order valence-corrected chi connectivity index (χ0v) is 14.8. The summed E-state index contributed by atoms with van der Waals surface area (Å²) in [4.78, 5) is 0. The van der Waals surface area contributed by atoms with E-state index in [2.05, 4.69) is 78.0 Å². The predicted molar refractivity (Wildman–Crippen MR) is 96.3 cm³/mol. The van der Waals surface area contributed by atoms with E-state index in [1.54, 1.807) is 11.8 Å². The molecule has 3 nitrogen and oxygen atoms in total. The summed E-state index contributed by atoms with van der Waals surface area (Å²) in [5, 5.41) is 9.55. The van der Waals surface area contributed by atoms with Crippen LogP contribution >= 0.6 is 11.8 Å². The van der Waals surface area contributed by atoms with Gasteiger partial charge in [-0.2, -0.15) is 0 Å². The van der Waals surface area contributed by atoms with Crippen molar-refractivity contribution in [2.45, 2.75) is 38.6 Å². The number of hydrogen-bond donors (Lipinski definition) is 0. The van der Waals surface area contributed by atoms with Gasteiger partial charge in [0.2, 0.25) is 0 Å². The first-order chi connectivity index (χ1) is 11.0. The Morgan fingerprint density at radius 2 is 1.61 bits per heavy atom. The molecule has 0 spiro atoms. The second-order valence-electron chi connectivity index (χ2n) is 5.91. The number of thioether (sulfide) groups is 1. The van der Waals surface area contributed by atoms with Crippen LogP contribution in [-0.2, 0) is 5.75 Å². The molecule has 0 saturated carbocycles. The highest BCUT2D eigenvalue weighted by molar-refractivity contribution is 7.98. The Kier molecular flexibility index (Phi) is 4.53. The molecule has 0 aliphatic carbocycles. The normalized spacial score (nSPS) is 11.0. The Morgan fingerprint density at radius 1 is 0.870 bits per heavy atom. The molecule has 0 amide bonds. The maximum atomic E-state index is 4.35. The molecule has 0 atom stereocenters. The van der Waals surface area contributed by atoms with Crippen molar-refractivity contribution in [3.63, 3.8) is 0 Å². The minimum Gasteiger partial charge on any atom is -0.274 e. The van der Waals surface area contributed by atoms with E-state index in [1.807, 2.05) is 6.92 Å². The molecule has 0 aliphatic rings. The molecule has 3 rings (SSSR count). The molecule has 0 saturated heterocycles. The molecule has 0 unspecified atom stereocenters. The monoisotopic (exact) mass is 323 g/mol. The average molecular weight is 323 g/mol. The van der Waals surface area contributed by atoms with E-state index in [1.165, 1.54) is 22.3 Å². The topological polar surface area (TPSA) is 30.7 Å². The standard InChI is InChI=1S/C19H21N3S/c1-13-5-8-17(9-6-13)12-23-19-21-20-16(4)22(19)18-10-7-14(2)15(3)11-18/h5-11H,12H2,1-4H3. The summed E-state index contributed by atoms with van der Waals surface area (Å²) in [5.41, 5.74) is 6.29. The summed E-state index contributed by atoms with van der Waals surface area (Å²) in [7, 11) is 0. The van der Waals surface area contributed by atoms with Crippen molar-refractivity contribution in [2.24, 2.45) is 0 Å². The molecule has 2 aromatic carbocycles. The first-order valence-corrected chi connectivity index (χ1v) is 8.71. The third-order valence-electron chi connectivity index (χ3n) is 4.03. The van der Waals surface area contributed by atoms with Crippen LogP contribution in [-0.4, -0.2) is 14.8 Å². The van der Waals surface area contributed by atoms with E-state index in [4.69, 9.17) is 0 Å². The van der Waals surface area contributed by atoms with E-state index in [0.29, 0.717) is 0 Å². The second-order valence-corrected chi connectivity index (χ2v) is 6.85. The number of hydrogen-bond acceptors (Lipinski definition) is 3. The van der Waals surface area contributed by atoms with Gasteiger partial charge in [-0.05, 0) is 56.5 Å². The van der Waals surface area contributed by atoms with Crippen LogP contribution in [0.1, 0.15) is 28.1 Å². The minimum atomic E-state index is 0.892. The Hall–Kier alpha value is -2.07. The van der Waals surface area contributed by atoms with Crippen LogP contribution < -0.4 is 0 Å². The number of aryl methyl sites for hydroxylation is 4. The summed E-state index contributed by atoms with van der Waals surface area (Å²) in [6.07, 6.45) is 0. The zero-order chi connectivity index (χ0) is 16.4. The molecule has 1 heterocycles. The van der Waals surface area contributed by atoms with Crippen molar-refractivity contribution >= 4 is 11.8 Å². The van der Waals surface area contributed by atoms with Crippen LogP contribution in [0.3, 0.4) is 0 Å². The van der Waals surface area contributed by atoms with Gasteiger partial charge in [-0.1, -0.05) is 47.7 Å². The highest BCUT2D eigenvalue weighted by atomic mass is 32.2. The summed E-state index contributed by atoms with van der Waals surface area (Å²) in [5.74, 6) is 1.81. The number of benzene rings is 2. The fourth-order valence-corrected chi connectivity index (χ4v) is 3.38. The van der Waals surface area contributed by atoms with Crippen LogP contribution in [0.5, 0.6) is 0 Å². The van der Waals surface area contributed by atoms with Gasteiger partial charge in [0.05, 0.1) is 0 Å². The first-order valence-electron chi connectivity index (χ1n) is 7.72. The molecule has 3 aromatic rings. The lowest BCUT2D eigenvalue weighted by Gasteiger charge is -2.10. The van der Waals surface area contributed by atoms with Gasteiger partial charge in [0.25, 0.3) is 0 Å². The predicted octanol–water partition coefficient (Wildman–Crippen LogP) is 4.79. The molecule has 0 fully saturated rings. The van der Waals surface area contributed by atoms with E-state index >= 15 is 0 Å². The molecule has 0 N–H and O–H groups in total. The Bertz CT molecular complexity index is 819. The molecule has 0 aliphatic heterocycles. The Balaban J connectivity index is 1.86. The van der Waals surface area contributed by atoms with Crippen LogP contribution in [0.2, 0.25) is 0 Å². The van der Waals surface area contributed by atoms with Crippen molar-refractivity contribution in [3.8, 4) is 5.69 Å². The number of aromatic nitrogens is 3. The van der Waals surface area contributed by atoms with Gasteiger partial charge in [-0.25, -0.2) is 0 Å². The summed E-state index contributed by atoms with van der Waals surface area (Å²) < 4.78 is 2.13. The fraction of sp³-hybridized carbons (Fsp3) is 0.263. The van der Waals surface area contributed by atoms with E-state index in [9.17, 15) is 0 Å². The Morgan fingerprint density at radius 3 is 2.30 bits per heavy atom. The quantitative estimate of drug-likeness (QED) is 0.647. The number of nitrogens with zero attached hydrogens (tertiary/aromatic N) is 3. The lowest BCUT2D eigenvalue weighted by atomic mass is 10.1. The zero-order valence-electron chi connectivity index (χ0n) is 14.0. The van der Waals surface area contributed by atoms with Gasteiger partial charge in [-0.15, -0.1) is 10.2 Å². The molecule has 118 valence electrons. The van der Waals surface area contributed by atoms with Crippen molar-refractivity contribution in [2.75, 3.05) is 0 Å². The lowest BCUT2D eigenvalue weighted by Crippen LogP contribution is -2.00. The minimum absolute atomic E-state index is 0.892. The second kappa shape index (κ2) is 6.59. The molecule has 0 radical (unpaired) electrons. The van der Waals surface area contributed by atoms with Crippen molar-refractivity contribution in [1.82, 2.24) is 14.8 Å². The van der Waals surface area contributed by atoms with Crippen molar-refractivity contribution < 1.29 is 0 Å². The van der Waals surface area contributed by atoms with Crippen molar-refractivity contribution in [3.05, 3.63) is 70.5 Å². The van der Waals surface area contributed by atoms with Crippen LogP contribution in [0.15, 0.2) is 47.6 Å². The molecule has 23 heavy (non-hydrogen) atoms. The number of rotatable bonds is 4. The summed E-state index contributed by atoms with van der Waals surface area (Å²) in [6, 6.07) is 15.1. The van der Waals surface area contributed by atoms with Crippen LogP contribution in [0, 0.1) is 27.7 Å². The van der Waals surface area contributed by atoms with E-state index in [0.717, 1.165) is 22.4 Å². The SMILES string of the molecule is Cc1ccc(CSc2nnc(C)n2-c2ccc(C)c(C)c2)cc1. The third kappa shape index (κ3) is 3.48. The maximum Gasteiger partial charge on any atom is 0.196 e. The highest BCUT2D eigenvalue weighted by Crippen LogP contribution is 2.26. The van der Waals surface area contributed by atoms with Gasteiger partial charge >= 0.3 is 0 Å². The molecule has 4 heteroatoms.